The van der Waals surface area contributed by atoms with Gasteiger partial charge in [-0.1, -0.05) is 48.6 Å². The van der Waals surface area contributed by atoms with Crippen LogP contribution in [0.25, 0.3) is 11.1 Å². The molecule has 0 radical (unpaired) electrons. The van der Waals surface area contributed by atoms with Gasteiger partial charge >= 0.3 is 0 Å². The van der Waals surface area contributed by atoms with E-state index in [-0.39, 0.29) is 0 Å². The summed E-state index contributed by atoms with van der Waals surface area (Å²) in [6, 6.07) is 19.4. The maximum absolute atomic E-state index is 8.90. The van der Waals surface area contributed by atoms with Crippen molar-refractivity contribution in [3.05, 3.63) is 81.5 Å². The summed E-state index contributed by atoms with van der Waals surface area (Å²) in [7, 11) is 0. The van der Waals surface area contributed by atoms with Crippen molar-refractivity contribution in [2.75, 3.05) is 0 Å². The predicted molar refractivity (Wildman–Crippen MR) is 94.8 cm³/mol. The number of benzene rings is 2. The van der Waals surface area contributed by atoms with Gasteiger partial charge in [0.2, 0.25) is 0 Å². The highest BCUT2D eigenvalue weighted by atomic mass is 127. The van der Waals surface area contributed by atoms with Crippen LogP contribution in [0.1, 0.15) is 17.9 Å². The molecule has 1 unspecified atom stereocenters. The van der Waals surface area contributed by atoms with Crippen LogP contribution in [-0.2, 0) is 0 Å². The Morgan fingerprint density at radius 1 is 1.05 bits per heavy atom. The lowest BCUT2D eigenvalue weighted by molar-refractivity contribution is 0.849. The van der Waals surface area contributed by atoms with Gasteiger partial charge in [0.05, 0.1) is 6.07 Å². The molecule has 2 heteroatoms. The summed E-state index contributed by atoms with van der Waals surface area (Å²) in [5.41, 5.74) is 4.56. The van der Waals surface area contributed by atoms with Crippen molar-refractivity contribution >= 4 is 22.6 Å². The second-order valence-electron chi connectivity index (χ2n) is 5.11. The minimum absolute atomic E-state index is 0.366. The first-order valence-corrected chi connectivity index (χ1v) is 7.98. The van der Waals surface area contributed by atoms with E-state index >= 15 is 0 Å². The van der Waals surface area contributed by atoms with Gasteiger partial charge in [0.25, 0.3) is 0 Å². The molecule has 0 saturated carbocycles. The molecule has 0 fully saturated rings. The Labute approximate surface area is 138 Å². The lowest BCUT2D eigenvalue weighted by atomic mass is 9.89. The van der Waals surface area contributed by atoms with E-state index < -0.39 is 0 Å². The summed E-state index contributed by atoms with van der Waals surface area (Å²) in [6.07, 6.45) is 6.97. The van der Waals surface area contributed by atoms with Gasteiger partial charge in [-0.15, -0.1) is 0 Å². The molecule has 0 N–H and O–H groups in total. The third-order valence-corrected chi connectivity index (χ3v) is 4.37. The van der Waals surface area contributed by atoms with E-state index in [1.54, 1.807) is 0 Å². The van der Waals surface area contributed by atoms with E-state index in [0.717, 1.165) is 12.0 Å². The second kappa shape index (κ2) is 6.28. The topological polar surface area (TPSA) is 23.8 Å². The standard InChI is InChI=1S/C19H14IN/c20-19-6-2-5-18(12-19)17-4-1-3-16(11-17)15-9-7-14(13-21)8-10-15/h1-9,11-12,15H,10H2. The molecule has 0 aromatic heterocycles. The van der Waals surface area contributed by atoms with E-state index in [9.17, 15) is 0 Å². The zero-order valence-electron chi connectivity index (χ0n) is 11.5. The Morgan fingerprint density at radius 3 is 2.48 bits per heavy atom. The number of nitrogens with zero attached hydrogens (tertiary/aromatic N) is 1. The molecule has 21 heavy (non-hydrogen) atoms. The third kappa shape index (κ3) is 3.25. The number of hydrogen-bond acceptors (Lipinski definition) is 1. The van der Waals surface area contributed by atoms with Gasteiger partial charge in [-0.3, -0.25) is 0 Å². The van der Waals surface area contributed by atoms with Gasteiger partial charge in [-0.05, 0) is 63.9 Å². The Kier molecular flexibility index (Phi) is 4.21. The van der Waals surface area contributed by atoms with Crippen molar-refractivity contribution in [1.29, 1.82) is 5.26 Å². The first-order chi connectivity index (χ1) is 10.3. The highest BCUT2D eigenvalue weighted by Gasteiger charge is 2.11. The molecule has 0 spiro atoms. The molecule has 1 aliphatic rings. The Bertz CT molecular complexity index is 765. The summed E-state index contributed by atoms with van der Waals surface area (Å²) in [5.74, 6) is 0.366. The van der Waals surface area contributed by atoms with Crippen LogP contribution < -0.4 is 0 Å². The number of allylic oxidation sites excluding steroid dienone is 4. The van der Waals surface area contributed by atoms with Gasteiger partial charge in [0.1, 0.15) is 0 Å². The maximum atomic E-state index is 8.90. The third-order valence-electron chi connectivity index (χ3n) is 3.70. The van der Waals surface area contributed by atoms with E-state index in [2.05, 4.69) is 83.3 Å². The van der Waals surface area contributed by atoms with Crippen molar-refractivity contribution in [2.24, 2.45) is 0 Å². The first-order valence-electron chi connectivity index (χ1n) is 6.90. The summed E-state index contributed by atoms with van der Waals surface area (Å²) in [5, 5.41) is 8.90. The summed E-state index contributed by atoms with van der Waals surface area (Å²) >= 11 is 2.34. The summed E-state index contributed by atoms with van der Waals surface area (Å²) in [6.45, 7) is 0. The average molecular weight is 383 g/mol. The maximum Gasteiger partial charge on any atom is 0.0988 e. The zero-order chi connectivity index (χ0) is 14.7. The van der Waals surface area contributed by atoms with Crippen molar-refractivity contribution in [3.8, 4) is 17.2 Å². The summed E-state index contributed by atoms with van der Waals surface area (Å²) in [4.78, 5) is 0. The fourth-order valence-corrected chi connectivity index (χ4v) is 3.11. The SMILES string of the molecule is N#CC1=CCC(c2cccc(-c3cccc(I)c3)c2)C=C1. The van der Waals surface area contributed by atoms with Gasteiger partial charge in [0.15, 0.2) is 0 Å². The van der Waals surface area contributed by atoms with Crippen LogP contribution in [0.5, 0.6) is 0 Å². The monoisotopic (exact) mass is 383 g/mol. The van der Waals surface area contributed by atoms with Crippen LogP contribution in [-0.4, -0.2) is 0 Å². The number of rotatable bonds is 2. The molecule has 0 amide bonds. The molecule has 0 aliphatic heterocycles. The van der Waals surface area contributed by atoms with E-state index in [1.807, 2.05) is 12.2 Å². The highest BCUT2D eigenvalue weighted by molar-refractivity contribution is 14.1. The van der Waals surface area contributed by atoms with Crippen LogP contribution in [0, 0.1) is 14.9 Å². The van der Waals surface area contributed by atoms with Crippen LogP contribution in [0.3, 0.4) is 0 Å². The molecule has 3 rings (SSSR count). The largest absolute Gasteiger partial charge is 0.192 e. The van der Waals surface area contributed by atoms with Crippen LogP contribution in [0.15, 0.2) is 72.3 Å². The van der Waals surface area contributed by atoms with E-state index in [0.29, 0.717) is 5.92 Å². The summed E-state index contributed by atoms with van der Waals surface area (Å²) < 4.78 is 1.25. The van der Waals surface area contributed by atoms with Crippen LogP contribution in [0.4, 0.5) is 0 Å². The number of halogens is 1. The van der Waals surface area contributed by atoms with Gasteiger partial charge in [-0.2, -0.15) is 5.26 Å². The minimum Gasteiger partial charge on any atom is -0.192 e. The fraction of sp³-hybridized carbons (Fsp3) is 0.105. The average Bonchev–Trinajstić information content (AvgIpc) is 2.55. The van der Waals surface area contributed by atoms with Crippen molar-refractivity contribution < 1.29 is 0 Å². The molecule has 1 atom stereocenters. The van der Waals surface area contributed by atoms with Gasteiger partial charge in [-0.25, -0.2) is 0 Å². The van der Waals surface area contributed by atoms with Crippen LogP contribution in [0.2, 0.25) is 0 Å². The molecule has 2 aromatic rings. The molecule has 0 saturated heterocycles. The molecule has 1 nitrogen and oxygen atoms in total. The zero-order valence-corrected chi connectivity index (χ0v) is 13.6. The Morgan fingerprint density at radius 2 is 1.81 bits per heavy atom. The normalized spacial score (nSPS) is 17.1. The molecule has 0 heterocycles. The van der Waals surface area contributed by atoms with Gasteiger partial charge < -0.3 is 0 Å². The molecule has 1 aliphatic carbocycles. The molecule has 0 bridgehead atoms. The van der Waals surface area contributed by atoms with Crippen LogP contribution >= 0.6 is 22.6 Å². The number of hydrogen-bond donors (Lipinski definition) is 0. The molecule has 2 aromatic carbocycles. The predicted octanol–water partition coefficient (Wildman–Crippen LogP) is 5.45. The van der Waals surface area contributed by atoms with Crippen molar-refractivity contribution in [3.63, 3.8) is 0 Å². The fourth-order valence-electron chi connectivity index (χ4n) is 2.57. The van der Waals surface area contributed by atoms with E-state index in [1.165, 1.54) is 20.3 Å². The molecular weight excluding hydrogens is 369 g/mol. The molecular formula is C19H14IN. The number of nitriles is 1. The minimum atomic E-state index is 0.366. The van der Waals surface area contributed by atoms with Crippen molar-refractivity contribution in [2.45, 2.75) is 12.3 Å². The highest BCUT2D eigenvalue weighted by Crippen LogP contribution is 2.30. The van der Waals surface area contributed by atoms with E-state index in [4.69, 9.17) is 5.26 Å². The molecule has 102 valence electrons. The lowest BCUT2D eigenvalue weighted by Gasteiger charge is -2.15. The Balaban J connectivity index is 1.90. The van der Waals surface area contributed by atoms with Gasteiger partial charge in [0, 0.05) is 15.1 Å². The second-order valence-corrected chi connectivity index (χ2v) is 6.35. The quantitative estimate of drug-likeness (QED) is 0.633. The first kappa shape index (κ1) is 14.1. The Hall–Kier alpha value is -1.86. The smallest absolute Gasteiger partial charge is 0.0988 e. The lowest BCUT2D eigenvalue weighted by Crippen LogP contribution is -1.98. The van der Waals surface area contributed by atoms with Crippen molar-refractivity contribution in [1.82, 2.24) is 0 Å².